The van der Waals surface area contributed by atoms with Crippen molar-refractivity contribution in [3.63, 3.8) is 0 Å². The summed E-state index contributed by atoms with van der Waals surface area (Å²) in [5, 5.41) is 19.6. The van der Waals surface area contributed by atoms with E-state index in [2.05, 4.69) is 5.32 Å². The van der Waals surface area contributed by atoms with Crippen LogP contribution in [0.4, 0.5) is 0 Å². The number of nitrogens with one attached hydrogen (secondary N) is 1. The van der Waals surface area contributed by atoms with Crippen molar-refractivity contribution < 1.29 is 19.7 Å². The van der Waals surface area contributed by atoms with Gasteiger partial charge in [0.05, 0.1) is 19.3 Å². The summed E-state index contributed by atoms with van der Waals surface area (Å²) in [7, 11) is 1.51. The molecule has 3 N–H and O–H groups in total. The van der Waals surface area contributed by atoms with Crippen LogP contribution in [-0.2, 0) is 9.53 Å². The van der Waals surface area contributed by atoms with Gasteiger partial charge in [0.1, 0.15) is 0 Å². The van der Waals surface area contributed by atoms with Crippen molar-refractivity contribution in [2.24, 2.45) is 0 Å². The van der Waals surface area contributed by atoms with Gasteiger partial charge in [-0.25, -0.2) is 4.79 Å². The van der Waals surface area contributed by atoms with Crippen molar-refractivity contribution in [3.05, 3.63) is 12.3 Å². The van der Waals surface area contributed by atoms with Crippen LogP contribution < -0.4 is 5.32 Å². The van der Waals surface area contributed by atoms with Gasteiger partial charge >= 0.3 is 5.97 Å². The molecule has 0 saturated heterocycles. The summed E-state index contributed by atoms with van der Waals surface area (Å²) in [6, 6.07) is -0.259. The van der Waals surface area contributed by atoms with Crippen LogP contribution in [0.1, 0.15) is 0 Å². The van der Waals surface area contributed by atoms with Gasteiger partial charge in [-0.2, -0.15) is 0 Å². The number of ether oxygens (including phenoxy) is 1. The molecule has 0 bridgehead atoms. The van der Waals surface area contributed by atoms with Gasteiger partial charge in [-0.1, -0.05) is 0 Å². The Bertz CT molecular complexity index is 157. The van der Waals surface area contributed by atoms with E-state index in [0.717, 1.165) is 6.08 Å². The second-order valence-electron chi connectivity index (χ2n) is 2.17. The maximum Gasteiger partial charge on any atom is 0.329 e. The predicted octanol–water partition coefficient (Wildman–Crippen LogP) is -0.818. The largest absolute Gasteiger partial charge is 0.478 e. The third kappa shape index (κ3) is 5.70. The number of hydrogen-bond acceptors (Lipinski definition) is 4. The van der Waals surface area contributed by atoms with Crippen molar-refractivity contribution >= 4 is 5.97 Å². The molecule has 0 aromatic heterocycles. The Morgan fingerprint density at radius 3 is 2.83 bits per heavy atom. The molecule has 0 aliphatic carbocycles. The molecule has 0 fully saturated rings. The van der Waals surface area contributed by atoms with Crippen molar-refractivity contribution in [2.75, 3.05) is 20.3 Å². The summed E-state index contributed by atoms with van der Waals surface area (Å²) in [5.74, 6) is -1.03. The van der Waals surface area contributed by atoms with Gasteiger partial charge in [0.15, 0.2) is 0 Å². The quantitative estimate of drug-likeness (QED) is 0.460. The Balaban J connectivity index is 3.63. The smallest absolute Gasteiger partial charge is 0.329 e. The molecule has 5 nitrogen and oxygen atoms in total. The molecule has 0 aromatic rings. The van der Waals surface area contributed by atoms with E-state index in [1.807, 2.05) is 0 Å². The van der Waals surface area contributed by atoms with Crippen LogP contribution in [0.15, 0.2) is 12.3 Å². The lowest BCUT2D eigenvalue weighted by Crippen LogP contribution is -2.32. The second kappa shape index (κ2) is 6.63. The van der Waals surface area contributed by atoms with Gasteiger partial charge in [-0.05, 0) is 0 Å². The number of carboxylic acids is 1. The van der Waals surface area contributed by atoms with Crippen LogP contribution in [0.2, 0.25) is 0 Å². The average molecular weight is 175 g/mol. The zero-order chi connectivity index (χ0) is 9.40. The van der Waals surface area contributed by atoms with Crippen LogP contribution in [0.25, 0.3) is 0 Å². The first kappa shape index (κ1) is 10.9. The average Bonchev–Trinajstić information content (AvgIpc) is 2.02. The number of methoxy groups -OCH3 is 1. The van der Waals surface area contributed by atoms with E-state index in [4.69, 9.17) is 14.9 Å². The third-order valence-corrected chi connectivity index (χ3v) is 1.15. The van der Waals surface area contributed by atoms with Crippen LogP contribution in [0, 0.1) is 0 Å². The minimum absolute atomic E-state index is 0.0994. The van der Waals surface area contributed by atoms with Gasteiger partial charge in [0, 0.05) is 19.4 Å². The number of aliphatic carboxylic acids is 1. The molecule has 0 aliphatic rings. The van der Waals surface area contributed by atoms with E-state index in [0.29, 0.717) is 6.61 Å². The van der Waals surface area contributed by atoms with E-state index in [1.165, 1.54) is 13.3 Å². The highest BCUT2D eigenvalue weighted by Crippen LogP contribution is 1.82. The second-order valence-corrected chi connectivity index (χ2v) is 2.17. The monoisotopic (exact) mass is 175 g/mol. The van der Waals surface area contributed by atoms with Crippen molar-refractivity contribution in [2.45, 2.75) is 6.04 Å². The van der Waals surface area contributed by atoms with Crippen molar-refractivity contribution in [3.8, 4) is 0 Å². The number of hydrogen-bond donors (Lipinski definition) is 3. The van der Waals surface area contributed by atoms with Crippen molar-refractivity contribution in [1.29, 1.82) is 0 Å². The molecule has 0 saturated carbocycles. The first-order valence-electron chi connectivity index (χ1n) is 3.46. The van der Waals surface area contributed by atoms with Crippen LogP contribution in [-0.4, -0.2) is 42.5 Å². The Hall–Kier alpha value is -1.07. The lowest BCUT2D eigenvalue weighted by atomic mass is 10.3. The zero-order valence-electron chi connectivity index (χ0n) is 6.86. The molecule has 0 spiro atoms. The molecule has 5 heteroatoms. The molecule has 0 amide bonds. The fourth-order valence-electron chi connectivity index (χ4n) is 0.610. The molecular weight excluding hydrogens is 162 g/mol. The summed E-state index contributed by atoms with van der Waals surface area (Å²) in [6.07, 6.45) is 2.22. The first-order valence-corrected chi connectivity index (χ1v) is 3.46. The topological polar surface area (TPSA) is 78.8 Å². The SMILES string of the molecule is COCC(CO)N/C=C/C(=O)O. The highest BCUT2D eigenvalue weighted by molar-refractivity contribution is 5.79. The molecule has 0 radical (unpaired) electrons. The molecule has 1 atom stereocenters. The number of aliphatic hydroxyl groups is 1. The van der Waals surface area contributed by atoms with Gasteiger partial charge in [0.2, 0.25) is 0 Å². The van der Waals surface area contributed by atoms with Gasteiger partial charge in [-0.15, -0.1) is 0 Å². The van der Waals surface area contributed by atoms with Crippen LogP contribution >= 0.6 is 0 Å². The maximum atomic E-state index is 10.0. The first-order chi connectivity index (χ1) is 5.70. The molecule has 0 aromatic carbocycles. The molecule has 12 heavy (non-hydrogen) atoms. The van der Waals surface area contributed by atoms with E-state index in [1.54, 1.807) is 0 Å². The summed E-state index contributed by atoms with van der Waals surface area (Å²) in [4.78, 5) is 10.0. The Labute approximate surface area is 70.7 Å². The summed E-state index contributed by atoms with van der Waals surface area (Å²) < 4.78 is 4.75. The number of carboxylic acid groups (broad SMARTS) is 1. The van der Waals surface area contributed by atoms with Crippen LogP contribution in [0.3, 0.4) is 0 Å². The predicted molar refractivity (Wildman–Crippen MR) is 42.7 cm³/mol. The van der Waals surface area contributed by atoms with Crippen LogP contribution in [0.5, 0.6) is 0 Å². The molecule has 0 aliphatic heterocycles. The molecule has 0 rings (SSSR count). The number of aliphatic hydroxyl groups excluding tert-OH is 1. The van der Waals surface area contributed by atoms with E-state index < -0.39 is 5.97 Å². The fourth-order valence-corrected chi connectivity index (χ4v) is 0.610. The normalized spacial score (nSPS) is 13.2. The van der Waals surface area contributed by atoms with Gasteiger partial charge < -0.3 is 20.3 Å². The minimum Gasteiger partial charge on any atom is -0.478 e. The highest BCUT2D eigenvalue weighted by Gasteiger charge is 2.02. The van der Waals surface area contributed by atoms with E-state index in [-0.39, 0.29) is 12.6 Å². The Morgan fingerprint density at radius 1 is 1.75 bits per heavy atom. The summed E-state index contributed by atoms with van der Waals surface area (Å²) in [6.45, 7) is 0.234. The lowest BCUT2D eigenvalue weighted by molar-refractivity contribution is -0.131. The standard InChI is InChI=1S/C7H13NO4/c1-12-5-6(4-9)8-3-2-7(10)11/h2-3,6,8-9H,4-5H2,1H3,(H,10,11)/b3-2+. The molecule has 70 valence electrons. The summed E-state index contributed by atoms with van der Waals surface area (Å²) in [5.41, 5.74) is 0. The van der Waals surface area contributed by atoms with E-state index >= 15 is 0 Å². The lowest BCUT2D eigenvalue weighted by Gasteiger charge is -2.12. The molecular formula is C7H13NO4. The highest BCUT2D eigenvalue weighted by atomic mass is 16.5. The third-order valence-electron chi connectivity index (χ3n) is 1.15. The molecule has 1 unspecified atom stereocenters. The molecule has 0 heterocycles. The van der Waals surface area contributed by atoms with E-state index in [9.17, 15) is 4.79 Å². The fraction of sp³-hybridized carbons (Fsp3) is 0.571. The Kier molecular flexibility index (Phi) is 6.04. The van der Waals surface area contributed by atoms with Gasteiger partial charge in [0.25, 0.3) is 0 Å². The maximum absolute atomic E-state index is 10.0. The minimum atomic E-state index is -1.03. The zero-order valence-corrected chi connectivity index (χ0v) is 6.86. The summed E-state index contributed by atoms with van der Waals surface area (Å²) >= 11 is 0. The number of carbonyl (C=O) groups is 1. The number of rotatable bonds is 6. The van der Waals surface area contributed by atoms with Gasteiger partial charge in [-0.3, -0.25) is 0 Å². The van der Waals surface area contributed by atoms with Crippen molar-refractivity contribution in [1.82, 2.24) is 5.32 Å². The Morgan fingerprint density at radius 2 is 2.42 bits per heavy atom.